The predicted octanol–water partition coefficient (Wildman–Crippen LogP) is 9.43. The molecule has 0 spiro atoms. The minimum atomic E-state index is -3.34. The van der Waals surface area contributed by atoms with Gasteiger partial charge in [0.1, 0.15) is 24.7 Å². The first-order chi connectivity index (χ1) is 41.6. The lowest BCUT2D eigenvalue weighted by Crippen LogP contribution is -2.50. The molecule has 4 aliphatic heterocycles. The summed E-state index contributed by atoms with van der Waals surface area (Å²) >= 11 is 2.30. The van der Waals surface area contributed by atoms with Gasteiger partial charge >= 0.3 is 12.2 Å². The molecule has 8 rings (SSSR count). The molecule has 4 unspecified atom stereocenters. The van der Waals surface area contributed by atoms with Gasteiger partial charge in [-0.25, -0.2) is 35.2 Å². The fraction of sp³-hybridized carbons (Fsp3) is 0.562. The van der Waals surface area contributed by atoms with E-state index in [-0.39, 0.29) is 95.3 Å². The molecule has 2 N–H and O–H groups in total. The molecule has 4 aromatic rings. The zero-order chi connectivity index (χ0) is 62.7. The molecule has 4 atom stereocenters. The van der Waals surface area contributed by atoms with Crippen LogP contribution < -0.4 is 10.6 Å². The number of ether oxygens (including phenoxy) is 4. The molecule has 4 saturated heterocycles. The standard InChI is InChI=1S/C32H43F2N3O6S.C32H44IN3O6S/c1-23(20-30(25-4-3-5-26(34)22-25)35-32(39)43-28-12-18-42-19-13-28)36-15-10-27(11-16-36)37(17-14-33)31(38)21-24-6-8-29(9-7-24)44(2,40)41;1-4-36(31(37)21-24-8-10-29(11-9-24)43(3,39)40)27-12-16-35(17-13-27)23(2)20-30(25-6-5-7-26(33)22-25)34-32(38)42-28-14-18-41-19-15-28/h3-9,22-23,27-28,30H,10-21H2,1-2H3,(H,35,39);5-11,22-23,27-28,30H,4,12-21H2,1-3H3,(H,34,38)/i33-1;33-4. The molecule has 0 bridgehead atoms. The summed E-state index contributed by atoms with van der Waals surface area (Å²) in [5.74, 6) is -0.517. The maximum Gasteiger partial charge on any atom is 0.407 e. The number of sulfone groups is 2. The SMILES string of the molecule is CC(CC(NC(=O)OC1CCOCC1)c1cccc(F)c1)N1CCC(N(CC[18F])C(=O)Cc2ccc(S(C)(=O)=O)cc2)CC1.CCN(C(=O)Cc1ccc(S(C)(=O)=O)cc1)C1CCN(C(C)CC(NC(=O)OC2CCOCC2)c2cccc([123I])c2)CC1. The van der Waals surface area contributed by atoms with Crippen LogP contribution in [-0.4, -0.2) is 182 Å². The van der Waals surface area contributed by atoms with Crippen LogP contribution in [0.5, 0.6) is 0 Å². The number of carbonyl (C=O) groups is 4. The second-order valence-corrected chi connectivity index (χ2v) is 28.6. The molecule has 478 valence electrons. The maximum absolute atomic E-state index is 14.1. The van der Waals surface area contributed by atoms with E-state index in [1.165, 1.54) is 30.5 Å². The molecule has 0 saturated carbocycles. The van der Waals surface area contributed by atoms with Gasteiger partial charge in [-0.2, -0.15) is 0 Å². The van der Waals surface area contributed by atoms with E-state index in [1.807, 2.05) is 24.0 Å². The lowest BCUT2D eigenvalue weighted by molar-refractivity contribution is -0.134. The van der Waals surface area contributed by atoms with Crippen LogP contribution in [0.2, 0.25) is 0 Å². The topological polar surface area (TPSA) is 210 Å². The zero-order valence-electron chi connectivity index (χ0n) is 50.8. The highest BCUT2D eigenvalue weighted by Crippen LogP contribution is 2.29. The van der Waals surface area contributed by atoms with Gasteiger partial charge in [0.2, 0.25) is 11.8 Å². The highest BCUT2D eigenvalue weighted by Gasteiger charge is 2.34. The molecule has 0 aliphatic carbocycles. The number of alkyl halides is 1. The van der Waals surface area contributed by atoms with E-state index in [1.54, 1.807) is 53.4 Å². The van der Waals surface area contributed by atoms with Crippen molar-refractivity contribution in [3.8, 4) is 0 Å². The molecule has 23 heteroatoms. The lowest BCUT2D eigenvalue weighted by Gasteiger charge is -2.41. The van der Waals surface area contributed by atoms with Crippen molar-refractivity contribution in [3.63, 3.8) is 0 Å². The second kappa shape index (κ2) is 33.5. The first-order valence-corrected chi connectivity index (χ1v) is 35.2. The number of nitrogens with one attached hydrogen (secondary N) is 2. The van der Waals surface area contributed by atoms with Gasteiger partial charge in [-0.15, -0.1) is 0 Å². The van der Waals surface area contributed by atoms with E-state index in [0.29, 0.717) is 89.3 Å². The van der Waals surface area contributed by atoms with Crippen LogP contribution in [0.3, 0.4) is 0 Å². The van der Waals surface area contributed by atoms with Crippen LogP contribution in [-0.2, 0) is 61.1 Å². The third kappa shape index (κ3) is 21.7. The maximum atomic E-state index is 14.1. The van der Waals surface area contributed by atoms with Crippen LogP contribution in [0.15, 0.2) is 107 Å². The van der Waals surface area contributed by atoms with Crippen molar-refractivity contribution < 1.29 is 63.7 Å². The first kappa shape index (κ1) is 69.2. The number of hydrogen-bond donors (Lipinski definition) is 2. The van der Waals surface area contributed by atoms with E-state index in [0.717, 1.165) is 66.1 Å². The Kier molecular flexibility index (Phi) is 26.6. The Morgan fingerprint density at radius 1 is 0.609 bits per heavy atom. The van der Waals surface area contributed by atoms with Gasteiger partial charge in [-0.05, 0) is 153 Å². The van der Waals surface area contributed by atoms with Crippen LogP contribution in [0.1, 0.15) is 119 Å². The number of piperidine rings is 2. The Morgan fingerprint density at radius 2 is 1.01 bits per heavy atom. The molecule has 4 heterocycles. The molecule has 4 aliphatic rings. The number of benzene rings is 4. The monoisotopic (exact) mass is 1360 g/mol. The molecule has 87 heavy (non-hydrogen) atoms. The zero-order valence-corrected chi connectivity index (χ0v) is 54.5. The van der Waals surface area contributed by atoms with Crippen LogP contribution in [0.4, 0.5) is 18.4 Å². The van der Waals surface area contributed by atoms with Crippen molar-refractivity contribution in [1.82, 2.24) is 30.2 Å². The number of likely N-dealkylation sites (N-methyl/N-ethyl adjacent to an activating group) is 1. The molecular weight excluding hydrogens is 1270 g/mol. The van der Waals surface area contributed by atoms with E-state index < -0.39 is 38.5 Å². The van der Waals surface area contributed by atoms with Crippen LogP contribution >= 0.6 is 22.6 Å². The highest BCUT2D eigenvalue weighted by atomic mass is 123. The van der Waals surface area contributed by atoms with E-state index in [4.69, 9.17) is 18.9 Å². The number of amides is 4. The van der Waals surface area contributed by atoms with Crippen molar-refractivity contribution in [2.45, 2.75) is 156 Å². The highest BCUT2D eigenvalue weighted by molar-refractivity contribution is 14.1. The normalized spacial score (nSPS) is 18.4. The second-order valence-electron chi connectivity index (χ2n) is 23.3. The predicted molar refractivity (Wildman–Crippen MR) is 337 cm³/mol. The van der Waals surface area contributed by atoms with Gasteiger partial charge in [0.15, 0.2) is 19.7 Å². The van der Waals surface area contributed by atoms with Gasteiger partial charge < -0.3 is 49.2 Å². The van der Waals surface area contributed by atoms with E-state index in [9.17, 15) is 44.8 Å². The summed E-state index contributed by atoms with van der Waals surface area (Å²) in [6.07, 6.45) is 8.44. The summed E-state index contributed by atoms with van der Waals surface area (Å²) in [6.45, 7) is 11.7. The molecule has 18 nitrogen and oxygen atoms in total. The molecule has 4 amide bonds. The fourth-order valence-electron chi connectivity index (χ4n) is 12.0. The van der Waals surface area contributed by atoms with E-state index >= 15 is 0 Å². The Hall–Kier alpha value is -5.31. The third-order valence-electron chi connectivity index (χ3n) is 17.0. The number of halogens is 3. The summed E-state index contributed by atoms with van der Waals surface area (Å²) in [5.41, 5.74) is 3.19. The molecule has 0 aromatic heterocycles. The summed E-state index contributed by atoms with van der Waals surface area (Å²) in [4.78, 5) is 60.9. The quantitative estimate of drug-likeness (QED) is 0.0663. The van der Waals surface area contributed by atoms with Gasteiger partial charge in [0.25, 0.3) is 0 Å². The number of carbonyl (C=O) groups excluding carboxylic acids is 4. The summed E-state index contributed by atoms with van der Waals surface area (Å²) in [6, 6.07) is 26.8. The first-order valence-electron chi connectivity index (χ1n) is 30.4. The van der Waals surface area contributed by atoms with Crippen molar-refractivity contribution in [2.24, 2.45) is 0 Å². The Morgan fingerprint density at radius 3 is 1.40 bits per heavy atom. The Labute approximate surface area is 526 Å². The van der Waals surface area contributed by atoms with Crippen molar-refractivity contribution >= 4 is 66.3 Å². The average molecular weight is 1360 g/mol. The summed E-state index contributed by atoms with van der Waals surface area (Å²) < 4.78 is 97.8. The van der Waals surface area contributed by atoms with Crippen molar-refractivity contribution in [2.75, 3.05) is 84.9 Å². The van der Waals surface area contributed by atoms with E-state index in [2.05, 4.69) is 69.0 Å². The summed E-state index contributed by atoms with van der Waals surface area (Å²) in [5, 5.41) is 6.09. The molecule has 4 aromatic carbocycles. The largest absolute Gasteiger partial charge is 0.446 e. The minimum absolute atomic E-state index is 0.00126. The van der Waals surface area contributed by atoms with Gasteiger partial charge in [0, 0.05) is 105 Å². The summed E-state index contributed by atoms with van der Waals surface area (Å²) in [7, 11) is -6.61. The van der Waals surface area contributed by atoms with Crippen LogP contribution in [0.25, 0.3) is 0 Å². The molecular formula is C64H87F2IN6O12S2. The number of nitrogens with zero attached hydrogens (tertiary/aromatic N) is 4. The fourth-order valence-corrected chi connectivity index (χ4v) is 13.8. The van der Waals surface area contributed by atoms with Gasteiger partial charge in [-0.3, -0.25) is 9.59 Å². The van der Waals surface area contributed by atoms with Crippen molar-refractivity contribution in [3.05, 3.63) is 129 Å². The number of likely N-dealkylation sites (tertiary alicyclic amines) is 2. The van der Waals surface area contributed by atoms with Crippen molar-refractivity contribution in [1.29, 1.82) is 0 Å². The Balaban J connectivity index is 0.000000249. The Bertz CT molecular complexity index is 3090. The smallest absolute Gasteiger partial charge is 0.407 e. The number of rotatable bonds is 23. The lowest BCUT2D eigenvalue weighted by atomic mass is 9.96. The molecule has 4 fully saturated rings. The minimum Gasteiger partial charge on any atom is -0.446 e. The number of hydrogen-bond acceptors (Lipinski definition) is 14. The third-order valence-corrected chi connectivity index (χ3v) is 19.9. The molecule has 0 radical (unpaired) electrons. The van der Waals surface area contributed by atoms with Crippen LogP contribution in [0, 0.1) is 9.39 Å². The average Bonchev–Trinajstić information content (AvgIpc) is 3.16. The van der Waals surface area contributed by atoms with Gasteiger partial charge in [-0.1, -0.05) is 48.5 Å². The van der Waals surface area contributed by atoms with Gasteiger partial charge in [0.05, 0.1) is 61.1 Å². The number of alkyl carbamates (subject to hydrolysis) is 2.